The highest BCUT2D eigenvalue weighted by Crippen LogP contribution is 2.41. The molecule has 0 radical (unpaired) electrons. The van der Waals surface area contributed by atoms with Crippen LogP contribution in [-0.4, -0.2) is 32.2 Å². The zero-order chi connectivity index (χ0) is 18.9. The van der Waals surface area contributed by atoms with E-state index in [9.17, 15) is 4.79 Å². The molecule has 0 unspecified atom stereocenters. The predicted molar refractivity (Wildman–Crippen MR) is 104 cm³/mol. The molecule has 1 amide bonds. The minimum atomic E-state index is -0.217. The maximum atomic E-state index is 12.4. The van der Waals surface area contributed by atoms with Crippen LogP contribution in [0.15, 0.2) is 59.4 Å². The SMILES string of the molecule is O=C(NCCn1nc(-c2cnccn2)cc1C1CC1)c1cc2ccccc2o1. The summed E-state index contributed by atoms with van der Waals surface area (Å²) in [6, 6.07) is 11.4. The Morgan fingerprint density at radius 1 is 1.18 bits per heavy atom. The minimum absolute atomic E-state index is 0.217. The third-order valence-electron chi connectivity index (χ3n) is 4.89. The maximum absolute atomic E-state index is 12.4. The predicted octanol–water partition coefficient (Wildman–Crippen LogP) is 3.39. The van der Waals surface area contributed by atoms with Crippen molar-refractivity contribution in [3.63, 3.8) is 0 Å². The third kappa shape index (κ3) is 3.26. The van der Waals surface area contributed by atoms with E-state index in [1.807, 2.05) is 28.9 Å². The van der Waals surface area contributed by atoms with Crippen molar-refractivity contribution in [1.82, 2.24) is 25.1 Å². The van der Waals surface area contributed by atoms with Crippen LogP contribution in [0.1, 0.15) is 35.0 Å². The topological polar surface area (TPSA) is 85.8 Å². The van der Waals surface area contributed by atoms with Crippen molar-refractivity contribution in [3.05, 3.63) is 66.4 Å². The molecule has 7 nitrogen and oxygen atoms in total. The Balaban J connectivity index is 1.28. The van der Waals surface area contributed by atoms with Crippen LogP contribution < -0.4 is 5.32 Å². The van der Waals surface area contributed by atoms with E-state index in [2.05, 4.69) is 26.4 Å². The van der Waals surface area contributed by atoms with Gasteiger partial charge in [0.25, 0.3) is 5.91 Å². The number of rotatable bonds is 6. The number of carbonyl (C=O) groups is 1. The lowest BCUT2D eigenvalue weighted by Gasteiger charge is -2.07. The Bertz CT molecular complexity index is 1100. The molecule has 0 aliphatic heterocycles. The molecule has 1 aromatic carbocycles. The first kappa shape index (κ1) is 16.7. The first-order valence-electron chi connectivity index (χ1n) is 9.39. The van der Waals surface area contributed by atoms with Crippen LogP contribution in [0.25, 0.3) is 22.4 Å². The maximum Gasteiger partial charge on any atom is 0.287 e. The summed E-state index contributed by atoms with van der Waals surface area (Å²) in [5, 5.41) is 8.53. The second kappa shape index (κ2) is 6.92. The fraction of sp³-hybridized carbons (Fsp3) is 0.238. The van der Waals surface area contributed by atoms with Gasteiger partial charge in [0.05, 0.1) is 12.7 Å². The molecule has 28 heavy (non-hydrogen) atoms. The zero-order valence-corrected chi connectivity index (χ0v) is 15.2. The minimum Gasteiger partial charge on any atom is -0.451 e. The van der Waals surface area contributed by atoms with Gasteiger partial charge in [-0.25, -0.2) is 0 Å². The molecule has 7 heteroatoms. The van der Waals surface area contributed by atoms with Gasteiger partial charge in [0.2, 0.25) is 0 Å². The van der Waals surface area contributed by atoms with Gasteiger partial charge < -0.3 is 9.73 Å². The van der Waals surface area contributed by atoms with Crippen molar-refractivity contribution in [2.24, 2.45) is 0 Å². The van der Waals surface area contributed by atoms with Crippen LogP contribution in [0.4, 0.5) is 0 Å². The Kier molecular flexibility index (Phi) is 4.12. The van der Waals surface area contributed by atoms with E-state index in [1.165, 1.54) is 18.5 Å². The first-order valence-corrected chi connectivity index (χ1v) is 9.39. The molecule has 1 N–H and O–H groups in total. The zero-order valence-electron chi connectivity index (χ0n) is 15.2. The van der Waals surface area contributed by atoms with Crippen molar-refractivity contribution in [1.29, 1.82) is 0 Å². The summed E-state index contributed by atoms with van der Waals surface area (Å²) < 4.78 is 7.59. The van der Waals surface area contributed by atoms with Gasteiger partial charge in [-0.1, -0.05) is 18.2 Å². The van der Waals surface area contributed by atoms with Crippen LogP contribution in [0.5, 0.6) is 0 Å². The van der Waals surface area contributed by atoms with E-state index < -0.39 is 0 Å². The van der Waals surface area contributed by atoms with Crippen LogP contribution in [0.3, 0.4) is 0 Å². The summed E-state index contributed by atoms with van der Waals surface area (Å²) in [4.78, 5) is 20.9. The molecule has 4 aromatic rings. The first-order chi connectivity index (χ1) is 13.8. The number of hydrogen-bond donors (Lipinski definition) is 1. The van der Waals surface area contributed by atoms with E-state index in [4.69, 9.17) is 4.42 Å². The van der Waals surface area contributed by atoms with Crippen molar-refractivity contribution in [2.75, 3.05) is 6.54 Å². The largest absolute Gasteiger partial charge is 0.451 e. The van der Waals surface area contributed by atoms with Crippen molar-refractivity contribution in [3.8, 4) is 11.4 Å². The Hall–Kier alpha value is -3.48. The number of furan rings is 1. The molecule has 1 aliphatic carbocycles. The molecular formula is C21H19N5O2. The number of benzene rings is 1. The smallest absolute Gasteiger partial charge is 0.287 e. The number of aromatic nitrogens is 4. The van der Waals surface area contributed by atoms with Gasteiger partial charge in [-0.15, -0.1) is 0 Å². The number of hydrogen-bond acceptors (Lipinski definition) is 5. The fourth-order valence-electron chi connectivity index (χ4n) is 3.33. The number of nitrogens with zero attached hydrogens (tertiary/aromatic N) is 4. The molecule has 0 spiro atoms. The third-order valence-corrected chi connectivity index (χ3v) is 4.89. The summed E-state index contributed by atoms with van der Waals surface area (Å²) >= 11 is 0. The molecule has 3 aromatic heterocycles. The lowest BCUT2D eigenvalue weighted by Crippen LogP contribution is -2.27. The van der Waals surface area contributed by atoms with Crippen LogP contribution >= 0.6 is 0 Å². The normalized spacial score (nSPS) is 13.7. The Morgan fingerprint density at radius 2 is 2.07 bits per heavy atom. The number of amides is 1. The molecule has 1 saturated carbocycles. The fourth-order valence-corrected chi connectivity index (χ4v) is 3.33. The second-order valence-electron chi connectivity index (χ2n) is 6.95. The molecule has 0 saturated heterocycles. The highest BCUT2D eigenvalue weighted by Gasteiger charge is 2.28. The number of para-hydroxylation sites is 1. The summed E-state index contributed by atoms with van der Waals surface area (Å²) in [7, 11) is 0. The number of carbonyl (C=O) groups excluding carboxylic acids is 1. The van der Waals surface area contributed by atoms with Gasteiger partial charge in [-0.3, -0.25) is 19.4 Å². The van der Waals surface area contributed by atoms with Crippen molar-refractivity contribution >= 4 is 16.9 Å². The highest BCUT2D eigenvalue weighted by molar-refractivity contribution is 5.96. The van der Waals surface area contributed by atoms with Gasteiger partial charge in [0.15, 0.2) is 5.76 Å². The molecule has 0 bridgehead atoms. The van der Waals surface area contributed by atoms with Gasteiger partial charge in [-0.05, 0) is 31.0 Å². The van der Waals surface area contributed by atoms with E-state index in [-0.39, 0.29) is 5.91 Å². The van der Waals surface area contributed by atoms with Crippen molar-refractivity contribution < 1.29 is 9.21 Å². The van der Waals surface area contributed by atoms with Gasteiger partial charge in [-0.2, -0.15) is 5.10 Å². The monoisotopic (exact) mass is 373 g/mol. The molecule has 1 aliphatic rings. The summed E-state index contributed by atoms with van der Waals surface area (Å²) in [5.41, 5.74) is 3.48. The lowest BCUT2D eigenvalue weighted by molar-refractivity contribution is 0.0926. The Morgan fingerprint density at radius 3 is 2.86 bits per heavy atom. The lowest BCUT2D eigenvalue weighted by atomic mass is 10.2. The van der Waals surface area contributed by atoms with Gasteiger partial charge >= 0.3 is 0 Å². The van der Waals surface area contributed by atoms with Crippen LogP contribution in [0.2, 0.25) is 0 Å². The highest BCUT2D eigenvalue weighted by atomic mass is 16.3. The number of fused-ring (bicyclic) bond motifs is 1. The van der Waals surface area contributed by atoms with Gasteiger partial charge in [0.1, 0.15) is 17.0 Å². The molecule has 0 atom stereocenters. The molecule has 3 heterocycles. The second-order valence-corrected chi connectivity index (χ2v) is 6.95. The molecule has 140 valence electrons. The van der Waals surface area contributed by atoms with E-state index in [0.717, 1.165) is 16.8 Å². The molecule has 1 fully saturated rings. The van der Waals surface area contributed by atoms with Crippen LogP contribution in [-0.2, 0) is 6.54 Å². The molecule has 5 rings (SSSR count). The summed E-state index contributed by atoms with van der Waals surface area (Å²) in [5.74, 6) is 0.652. The quantitative estimate of drug-likeness (QED) is 0.560. The van der Waals surface area contributed by atoms with E-state index in [0.29, 0.717) is 30.4 Å². The standard InChI is InChI=1S/C21H19N5O2/c27-21(20-11-15-3-1-2-4-19(15)28-20)24-9-10-26-18(14-5-6-14)12-16(25-26)17-13-22-7-8-23-17/h1-4,7-8,11-14H,5-6,9-10H2,(H,24,27). The summed E-state index contributed by atoms with van der Waals surface area (Å²) in [6.45, 7) is 1.06. The average molecular weight is 373 g/mol. The summed E-state index contributed by atoms with van der Waals surface area (Å²) in [6.07, 6.45) is 7.38. The number of nitrogens with one attached hydrogen (secondary N) is 1. The van der Waals surface area contributed by atoms with Crippen molar-refractivity contribution in [2.45, 2.75) is 25.3 Å². The van der Waals surface area contributed by atoms with Crippen LogP contribution in [0, 0.1) is 0 Å². The average Bonchev–Trinajstić information content (AvgIpc) is 3.34. The molecular weight excluding hydrogens is 354 g/mol. The Labute approximate surface area is 161 Å². The van der Waals surface area contributed by atoms with Gasteiger partial charge in [0, 0.05) is 35.9 Å². The van der Waals surface area contributed by atoms with E-state index >= 15 is 0 Å². The van der Waals surface area contributed by atoms with E-state index in [1.54, 1.807) is 24.7 Å².